The van der Waals surface area contributed by atoms with E-state index in [-0.39, 0.29) is 42.1 Å². The Kier molecular flexibility index (Phi) is 8.58. The maximum absolute atomic E-state index is 13.7. The van der Waals surface area contributed by atoms with Crippen LogP contribution < -0.4 is 0 Å². The zero-order valence-corrected chi connectivity index (χ0v) is 27.0. The van der Waals surface area contributed by atoms with Gasteiger partial charge in [-0.1, -0.05) is 84.6 Å². The number of hydrogen-bond donors (Lipinski definition) is 0. The molecule has 3 unspecified atom stereocenters. The molecule has 2 aliphatic heterocycles. The number of thiocarbonyl (C=S) groups is 1. The number of ether oxygens (including phenoxy) is 1. The zero-order valence-electron chi connectivity index (χ0n) is 24.5. The summed E-state index contributed by atoms with van der Waals surface area (Å²) in [5.41, 5.74) is 3.67. The van der Waals surface area contributed by atoms with Gasteiger partial charge < -0.3 is 4.74 Å². The number of para-hydroxylation sites is 1. The number of hydrogen-bond acceptors (Lipinski definition) is 7. The third-order valence-corrected chi connectivity index (χ3v) is 10.8. The van der Waals surface area contributed by atoms with Gasteiger partial charge in [-0.25, -0.2) is 13.1 Å². The first-order chi connectivity index (χ1) is 21.1. The molecule has 3 aromatic carbocycles. The third kappa shape index (κ3) is 6.02. The highest BCUT2D eigenvalue weighted by atomic mass is 32.2. The van der Waals surface area contributed by atoms with E-state index in [1.54, 1.807) is 33.9 Å². The summed E-state index contributed by atoms with van der Waals surface area (Å²) in [6.07, 6.45) is 3.25. The Labute approximate surface area is 267 Å². The molecule has 0 radical (unpaired) electrons. The van der Waals surface area contributed by atoms with Crippen LogP contribution in [0.1, 0.15) is 37.9 Å². The van der Waals surface area contributed by atoms with E-state index in [1.165, 1.54) is 16.1 Å². The van der Waals surface area contributed by atoms with Crippen molar-refractivity contribution in [2.75, 3.05) is 13.1 Å². The molecule has 3 atom stereocenters. The molecule has 0 N–H and O–H groups in total. The van der Waals surface area contributed by atoms with Crippen LogP contribution in [0.3, 0.4) is 0 Å². The molecule has 1 aromatic heterocycles. The Hall–Kier alpha value is -3.61. The lowest BCUT2D eigenvalue weighted by atomic mass is 10.1. The van der Waals surface area contributed by atoms with Crippen LogP contribution >= 0.6 is 24.0 Å². The molecule has 3 heterocycles. The van der Waals surface area contributed by atoms with Crippen LogP contribution in [-0.4, -0.2) is 62.9 Å². The fourth-order valence-corrected chi connectivity index (χ4v) is 8.59. The fraction of sp³-hybridized carbons (Fsp3) is 0.242. The van der Waals surface area contributed by atoms with Gasteiger partial charge in [0.05, 0.1) is 33.7 Å². The number of rotatable bonds is 7. The Morgan fingerprint density at radius 3 is 2.32 bits per heavy atom. The Morgan fingerprint density at radius 2 is 1.64 bits per heavy atom. The maximum atomic E-state index is 13.7. The molecule has 0 spiro atoms. The van der Waals surface area contributed by atoms with Crippen LogP contribution in [0.2, 0.25) is 0 Å². The minimum absolute atomic E-state index is 0.179. The van der Waals surface area contributed by atoms with Crippen molar-refractivity contribution >= 4 is 50.3 Å². The lowest BCUT2D eigenvalue weighted by Crippen LogP contribution is -2.48. The second kappa shape index (κ2) is 12.4. The summed E-state index contributed by atoms with van der Waals surface area (Å²) in [6, 6.07) is 26.0. The SMILES string of the molecule is CC1CN(S(=O)(=O)c2cccc(-c3nn(-c4ccccc4)cc3C=C3SC(=S)N(C(C)c4ccccc4)C3=O)c2)CC(C)O1. The number of amides is 1. The molecular weight excluding hydrogens is 613 g/mol. The molecule has 0 bridgehead atoms. The summed E-state index contributed by atoms with van der Waals surface area (Å²) < 4.78 is 36.9. The Balaban J connectivity index is 1.39. The number of sulfonamides is 1. The quantitative estimate of drug-likeness (QED) is 0.173. The predicted octanol–water partition coefficient (Wildman–Crippen LogP) is 6.30. The largest absolute Gasteiger partial charge is 0.373 e. The van der Waals surface area contributed by atoms with Crippen molar-refractivity contribution in [1.29, 1.82) is 0 Å². The van der Waals surface area contributed by atoms with Crippen molar-refractivity contribution in [1.82, 2.24) is 19.0 Å². The molecule has 1 amide bonds. The average Bonchev–Trinajstić information content (AvgIpc) is 3.57. The van der Waals surface area contributed by atoms with E-state index in [2.05, 4.69) is 0 Å². The first-order valence-electron chi connectivity index (χ1n) is 14.3. The molecule has 44 heavy (non-hydrogen) atoms. The van der Waals surface area contributed by atoms with Gasteiger partial charge in [0.25, 0.3) is 5.91 Å². The van der Waals surface area contributed by atoms with Crippen LogP contribution in [0.4, 0.5) is 0 Å². The van der Waals surface area contributed by atoms with Gasteiger partial charge in [-0.05, 0) is 56.7 Å². The summed E-state index contributed by atoms with van der Waals surface area (Å²) in [5, 5.41) is 4.87. The topological polar surface area (TPSA) is 84.7 Å². The maximum Gasteiger partial charge on any atom is 0.266 e. The highest BCUT2D eigenvalue weighted by molar-refractivity contribution is 8.26. The van der Waals surface area contributed by atoms with Crippen molar-refractivity contribution in [3.63, 3.8) is 0 Å². The molecule has 2 saturated heterocycles. The Bertz CT molecular complexity index is 1830. The van der Waals surface area contributed by atoms with Gasteiger partial charge in [-0.2, -0.15) is 9.40 Å². The van der Waals surface area contributed by atoms with Crippen molar-refractivity contribution in [2.45, 2.75) is 43.9 Å². The van der Waals surface area contributed by atoms with Crippen LogP contribution in [0.25, 0.3) is 23.0 Å². The predicted molar refractivity (Wildman–Crippen MR) is 178 cm³/mol. The first-order valence-corrected chi connectivity index (χ1v) is 17.0. The average molecular weight is 645 g/mol. The van der Waals surface area contributed by atoms with Crippen molar-refractivity contribution in [3.05, 3.63) is 107 Å². The molecule has 8 nitrogen and oxygen atoms in total. The number of nitrogens with zero attached hydrogens (tertiary/aromatic N) is 4. The lowest BCUT2D eigenvalue weighted by molar-refractivity contribution is -0.123. The van der Waals surface area contributed by atoms with Crippen LogP contribution in [0.15, 0.2) is 101 Å². The first kappa shape index (κ1) is 30.4. The summed E-state index contributed by atoms with van der Waals surface area (Å²) >= 11 is 6.91. The monoisotopic (exact) mass is 644 g/mol. The molecule has 0 aliphatic carbocycles. The van der Waals surface area contributed by atoms with E-state index in [1.807, 2.05) is 93.7 Å². The lowest BCUT2D eigenvalue weighted by Gasteiger charge is -2.34. The summed E-state index contributed by atoms with van der Waals surface area (Å²) in [6.45, 7) is 6.28. The fourth-order valence-electron chi connectivity index (χ4n) is 5.55. The van der Waals surface area contributed by atoms with E-state index in [0.717, 1.165) is 11.3 Å². The number of morpholine rings is 1. The van der Waals surface area contributed by atoms with E-state index >= 15 is 0 Å². The number of thioether (sulfide) groups is 1. The smallest absolute Gasteiger partial charge is 0.266 e. The molecular formula is C33H32N4O4S3. The highest BCUT2D eigenvalue weighted by Gasteiger charge is 2.36. The summed E-state index contributed by atoms with van der Waals surface area (Å²) in [4.78, 5) is 16.0. The van der Waals surface area contributed by atoms with Gasteiger partial charge in [0.1, 0.15) is 10.0 Å². The van der Waals surface area contributed by atoms with E-state index < -0.39 is 10.0 Å². The van der Waals surface area contributed by atoms with Crippen LogP contribution in [-0.2, 0) is 19.6 Å². The van der Waals surface area contributed by atoms with Crippen LogP contribution in [0.5, 0.6) is 0 Å². The zero-order chi connectivity index (χ0) is 31.0. The van der Waals surface area contributed by atoms with Crippen LogP contribution in [0, 0.1) is 0 Å². The standard InChI is InChI=1S/C33H32N4O4S3/c1-22-19-35(20-23(2)41-22)44(39,40)29-16-10-13-26(17-29)31-27(21-36(34-31)28-14-8-5-9-15-28)18-30-32(38)37(33(42)43-30)24(3)25-11-6-4-7-12-25/h4-18,21-24H,19-20H2,1-3H3. The van der Waals surface area contributed by atoms with Crippen molar-refractivity contribution in [2.24, 2.45) is 0 Å². The Morgan fingerprint density at radius 1 is 0.977 bits per heavy atom. The minimum atomic E-state index is -3.78. The summed E-state index contributed by atoms with van der Waals surface area (Å²) in [7, 11) is -3.78. The second-order valence-corrected chi connectivity index (χ2v) is 14.6. The molecule has 226 valence electrons. The highest BCUT2D eigenvalue weighted by Crippen LogP contribution is 2.39. The van der Waals surface area contributed by atoms with Crippen molar-refractivity contribution < 1.29 is 17.9 Å². The minimum Gasteiger partial charge on any atom is -0.373 e. The van der Waals surface area contributed by atoms with E-state index in [9.17, 15) is 13.2 Å². The molecule has 6 rings (SSSR count). The van der Waals surface area contributed by atoms with Gasteiger partial charge in [0.15, 0.2) is 0 Å². The third-order valence-electron chi connectivity index (χ3n) is 7.67. The molecule has 4 aromatic rings. The van der Waals surface area contributed by atoms with E-state index in [4.69, 9.17) is 22.1 Å². The van der Waals surface area contributed by atoms with Gasteiger partial charge >= 0.3 is 0 Å². The second-order valence-electron chi connectivity index (χ2n) is 11.0. The number of carbonyl (C=O) groups is 1. The van der Waals surface area contributed by atoms with Gasteiger partial charge in [0.2, 0.25) is 10.0 Å². The number of aromatic nitrogens is 2. The molecule has 2 aliphatic rings. The normalized spacial score (nSPS) is 21.2. The van der Waals surface area contributed by atoms with Gasteiger partial charge in [0, 0.05) is 30.4 Å². The van der Waals surface area contributed by atoms with E-state index in [0.29, 0.717) is 26.0 Å². The number of carbonyl (C=O) groups excluding carboxylic acids is 1. The van der Waals surface area contributed by atoms with Gasteiger partial charge in [-0.15, -0.1) is 0 Å². The number of benzene rings is 3. The molecule has 11 heteroatoms. The molecule has 0 saturated carbocycles. The van der Waals surface area contributed by atoms with Gasteiger partial charge in [-0.3, -0.25) is 9.69 Å². The molecule has 2 fully saturated rings. The van der Waals surface area contributed by atoms with Crippen molar-refractivity contribution in [3.8, 4) is 16.9 Å². The summed E-state index contributed by atoms with van der Waals surface area (Å²) in [5.74, 6) is -0.179.